The zero-order valence-electron chi connectivity index (χ0n) is 7.76. The van der Waals surface area contributed by atoms with Crippen LogP contribution in [0, 0.1) is 0 Å². The highest BCUT2D eigenvalue weighted by molar-refractivity contribution is 14.1. The smallest absolute Gasteiger partial charge is 0.0213 e. The van der Waals surface area contributed by atoms with Gasteiger partial charge in [-0.05, 0) is 46.2 Å². The molecule has 1 aromatic heterocycles. The second kappa shape index (κ2) is 7.76. The van der Waals surface area contributed by atoms with E-state index in [1.165, 1.54) is 29.3 Å². The van der Waals surface area contributed by atoms with E-state index in [2.05, 4.69) is 44.7 Å². The molecule has 1 nitrogen and oxygen atoms in total. The van der Waals surface area contributed by atoms with E-state index in [4.69, 9.17) is 0 Å². The summed E-state index contributed by atoms with van der Waals surface area (Å²) in [4.78, 5) is 0. The number of nitrogens with one attached hydrogen (secondary N) is 1. The summed E-state index contributed by atoms with van der Waals surface area (Å²) >= 11 is 4.21. The summed E-state index contributed by atoms with van der Waals surface area (Å²) in [5.41, 5.74) is 1.42. The average Bonchev–Trinajstić information content (AvgIpc) is 2.63. The molecular weight excluding hydrogens is 293 g/mol. The minimum Gasteiger partial charge on any atom is -0.313 e. The number of unbranched alkanes of at least 4 members (excludes halogenated alkanes) is 2. The molecule has 0 fully saturated rings. The largest absolute Gasteiger partial charge is 0.313 e. The fourth-order valence-electron chi connectivity index (χ4n) is 1.15. The Bertz CT molecular complexity index is 199. The molecule has 0 radical (unpaired) electrons. The first-order chi connectivity index (χ1) is 6.43. The SMILES string of the molecule is ICCCCCNCc1ccsc1. The van der Waals surface area contributed by atoms with Crippen LogP contribution in [-0.4, -0.2) is 11.0 Å². The number of halogens is 1. The van der Waals surface area contributed by atoms with Crippen LogP contribution in [0.4, 0.5) is 0 Å². The number of hydrogen-bond donors (Lipinski definition) is 1. The molecule has 1 rings (SSSR count). The predicted octanol–water partition coefficient (Wildman–Crippen LogP) is 3.44. The van der Waals surface area contributed by atoms with Crippen molar-refractivity contribution in [3.8, 4) is 0 Å². The van der Waals surface area contributed by atoms with E-state index < -0.39 is 0 Å². The summed E-state index contributed by atoms with van der Waals surface area (Å²) < 4.78 is 1.29. The maximum absolute atomic E-state index is 3.45. The molecule has 1 N–H and O–H groups in total. The Morgan fingerprint density at radius 2 is 2.23 bits per heavy atom. The van der Waals surface area contributed by atoms with Gasteiger partial charge in [0.1, 0.15) is 0 Å². The Hall–Kier alpha value is 0.390. The van der Waals surface area contributed by atoms with Crippen molar-refractivity contribution in [1.82, 2.24) is 5.32 Å². The maximum atomic E-state index is 3.45. The van der Waals surface area contributed by atoms with E-state index in [0.29, 0.717) is 0 Å². The lowest BCUT2D eigenvalue weighted by Gasteiger charge is -2.01. The Morgan fingerprint density at radius 1 is 1.31 bits per heavy atom. The monoisotopic (exact) mass is 309 g/mol. The van der Waals surface area contributed by atoms with E-state index >= 15 is 0 Å². The van der Waals surface area contributed by atoms with Crippen molar-refractivity contribution in [2.24, 2.45) is 0 Å². The van der Waals surface area contributed by atoms with Crippen LogP contribution in [0.3, 0.4) is 0 Å². The van der Waals surface area contributed by atoms with Gasteiger partial charge in [-0.25, -0.2) is 0 Å². The molecule has 0 aliphatic rings. The van der Waals surface area contributed by atoms with Gasteiger partial charge in [0.15, 0.2) is 0 Å². The topological polar surface area (TPSA) is 12.0 Å². The van der Waals surface area contributed by atoms with Crippen LogP contribution in [0.15, 0.2) is 16.8 Å². The van der Waals surface area contributed by atoms with Crippen LogP contribution in [0.2, 0.25) is 0 Å². The molecule has 0 atom stereocenters. The maximum Gasteiger partial charge on any atom is 0.0213 e. The third-order valence-electron chi connectivity index (χ3n) is 1.90. The number of alkyl halides is 1. The van der Waals surface area contributed by atoms with Crippen LogP contribution >= 0.6 is 33.9 Å². The second-order valence-corrected chi connectivity index (χ2v) is 4.92. The standard InChI is InChI=1S/C10H16INS/c11-5-2-1-3-6-12-8-10-4-7-13-9-10/h4,7,9,12H,1-3,5-6,8H2. The van der Waals surface area contributed by atoms with E-state index in [1.54, 1.807) is 11.3 Å². The highest BCUT2D eigenvalue weighted by Gasteiger charge is 1.91. The van der Waals surface area contributed by atoms with Gasteiger partial charge in [0.05, 0.1) is 0 Å². The van der Waals surface area contributed by atoms with E-state index in [9.17, 15) is 0 Å². The van der Waals surface area contributed by atoms with Crippen molar-refractivity contribution < 1.29 is 0 Å². The third kappa shape index (κ3) is 5.65. The van der Waals surface area contributed by atoms with Crippen molar-refractivity contribution in [2.75, 3.05) is 11.0 Å². The van der Waals surface area contributed by atoms with Gasteiger partial charge in [0, 0.05) is 6.54 Å². The normalized spacial score (nSPS) is 10.5. The molecular formula is C10H16INS. The predicted molar refractivity (Wildman–Crippen MR) is 68.8 cm³/mol. The zero-order valence-corrected chi connectivity index (χ0v) is 10.7. The van der Waals surface area contributed by atoms with Crippen molar-refractivity contribution in [1.29, 1.82) is 0 Å². The molecule has 0 bridgehead atoms. The summed E-state index contributed by atoms with van der Waals surface area (Å²) in [6.07, 6.45) is 4.04. The molecule has 13 heavy (non-hydrogen) atoms. The number of hydrogen-bond acceptors (Lipinski definition) is 2. The van der Waals surface area contributed by atoms with Crippen molar-refractivity contribution in [2.45, 2.75) is 25.8 Å². The average molecular weight is 309 g/mol. The molecule has 0 saturated carbocycles. The molecule has 3 heteroatoms. The molecule has 1 heterocycles. The van der Waals surface area contributed by atoms with Gasteiger partial charge in [-0.15, -0.1) is 0 Å². The quantitative estimate of drug-likeness (QED) is 0.462. The summed E-state index contributed by atoms with van der Waals surface area (Å²) in [5, 5.41) is 7.79. The van der Waals surface area contributed by atoms with Gasteiger partial charge in [0.25, 0.3) is 0 Å². The zero-order chi connectivity index (χ0) is 9.36. The van der Waals surface area contributed by atoms with Gasteiger partial charge >= 0.3 is 0 Å². The molecule has 0 aliphatic heterocycles. The van der Waals surface area contributed by atoms with Gasteiger partial charge < -0.3 is 5.32 Å². The van der Waals surface area contributed by atoms with E-state index in [-0.39, 0.29) is 0 Å². The molecule has 74 valence electrons. The Morgan fingerprint density at radius 3 is 2.92 bits per heavy atom. The van der Waals surface area contributed by atoms with Crippen LogP contribution in [0.25, 0.3) is 0 Å². The fourth-order valence-corrected chi connectivity index (χ4v) is 2.36. The Kier molecular flexibility index (Phi) is 6.85. The Labute approximate surface area is 98.1 Å². The van der Waals surface area contributed by atoms with Gasteiger partial charge in [-0.1, -0.05) is 29.0 Å². The molecule has 0 saturated heterocycles. The van der Waals surface area contributed by atoms with Crippen LogP contribution in [-0.2, 0) is 6.54 Å². The number of thiophene rings is 1. The van der Waals surface area contributed by atoms with Gasteiger partial charge in [0.2, 0.25) is 0 Å². The highest BCUT2D eigenvalue weighted by Crippen LogP contribution is 2.05. The van der Waals surface area contributed by atoms with E-state index in [1.807, 2.05) is 0 Å². The van der Waals surface area contributed by atoms with Gasteiger partial charge in [-0.2, -0.15) is 11.3 Å². The lowest BCUT2D eigenvalue weighted by molar-refractivity contribution is 0.621. The lowest BCUT2D eigenvalue weighted by Crippen LogP contribution is -2.14. The third-order valence-corrected chi connectivity index (χ3v) is 3.39. The molecule has 0 aromatic carbocycles. The molecule has 0 aliphatic carbocycles. The molecule has 1 aromatic rings. The fraction of sp³-hybridized carbons (Fsp3) is 0.600. The molecule has 0 spiro atoms. The summed E-state index contributed by atoms with van der Waals surface area (Å²) in [5.74, 6) is 0. The van der Waals surface area contributed by atoms with Crippen molar-refractivity contribution in [3.63, 3.8) is 0 Å². The highest BCUT2D eigenvalue weighted by atomic mass is 127. The molecule has 0 amide bonds. The van der Waals surface area contributed by atoms with Crippen molar-refractivity contribution >= 4 is 33.9 Å². The first kappa shape index (κ1) is 11.5. The summed E-state index contributed by atoms with van der Waals surface area (Å²) in [7, 11) is 0. The summed E-state index contributed by atoms with van der Waals surface area (Å²) in [6, 6.07) is 2.18. The first-order valence-corrected chi connectivity index (χ1v) is 7.18. The Balaban J connectivity index is 1.90. The van der Waals surface area contributed by atoms with Crippen LogP contribution in [0.1, 0.15) is 24.8 Å². The van der Waals surface area contributed by atoms with Crippen molar-refractivity contribution in [3.05, 3.63) is 22.4 Å². The van der Waals surface area contributed by atoms with Gasteiger partial charge in [-0.3, -0.25) is 0 Å². The minimum atomic E-state index is 1.04. The first-order valence-electron chi connectivity index (χ1n) is 4.71. The lowest BCUT2D eigenvalue weighted by atomic mass is 10.2. The van der Waals surface area contributed by atoms with Crippen LogP contribution in [0.5, 0.6) is 0 Å². The van der Waals surface area contributed by atoms with E-state index in [0.717, 1.165) is 13.1 Å². The molecule has 0 unspecified atom stereocenters. The van der Waals surface area contributed by atoms with Crippen LogP contribution < -0.4 is 5.32 Å². The summed E-state index contributed by atoms with van der Waals surface area (Å²) in [6.45, 7) is 2.19. The minimum absolute atomic E-state index is 1.04. The number of rotatable bonds is 7. The second-order valence-electron chi connectivity index (χ2n) is 3.06.